The summed E-state index contributed by atoms with van der Waals surface area (Å²) in [5.74, 6) is -4.86. The molecule has 7 heterocycles. The smallest absolute Gasteiger partial charge is 0.386 e. The molecule has 1 aliphatic carbocycles. The number of anilines is 1. The van der Waals surface area contributed by atoms with Gasteiger partial charge in [-0.2, -0.15) is 4.98 Å². The number of hydrogen-bond donors (Lipinski definition) is 8. The van der Waals surface area contributed by atoms with E-state index < -0.39 is 123 Å². The summed E-state index contributed by atoms with van der Waals surface area (Å²) in [6.45, 7) is -4.57. The number of nitrogens with one attached hydrogen (secondary N) is 5. The Hall–Kier alpha value is -5.59. The van der Waals surface area contributed by atoms with Gasteiger partial charge in [-0.15, -0.1) is 0 Å². The van der Waals surface area contributed by atoms with Crippen LogP contribution in [0.15, 0.2) is 41.9 Å². The minimum Gasteiger partial charge on any atom is -0.474 e. The Labute approximate surface area is 455 Å². The predicted molar refractivity (Wildman–Crippen MR) is 277 cm³/mol. The molecule has 1 saturated carbocycles. The fourth-order valence-corrected chi connectivity index (χ4v) is 12.6. The number of aromatic nitrogens is 6. The lowest BCUT2D eigenvalue weighted by molar-refractivity contribution is -0.137. The number of imide groups is 1. The lowest BCUT2D eigenvalue weighted by atomic mass is 10.0. The molecule has 4 aliphatic heterocycles. The molecular formula is C45H60N12O17P2S2. The van der Waals surface area contributed by atoms with Gasteiger partial charge in [0.05, 0.1) is 32.2 Å². The predicted octanol–water partition coefficient (Wildman–Crippen LogP) is 0.274. The third-order valence-corrected chi connectivity index (χ3v) is 16.8. The number of rotatable bonds is 18. The number of amides is 7. The molecule has 7 N–H and O–H groups in total. The van der Waals surface area contributed by atoms with Crippen molar-refractivity contribution in [3.8, 4) is 5.88 Å². The molecule has 3 aromatic rings. The third kappa shape index (κ3) is 14.4. The Morgan fingerprint density at radius 2 is 1.76 bits per heavy atom. The zero-order valence-corrected chi connectivity index (χ0v) is 45.9. The minimum atomic E-state index is -4.37. The fourth-order valence-electron chi connectivity index (χ4n) is 9.55. The highest BCUT2D eigenvalue weighted by atomic mass is 32.7. The number of carbonyl (C=O) groups is 7. The highest BCUT2D eigenvalue weighted by Crippen LogP contribution is 2.58. The summed E-state index contributed by atoms with van der Waals surface area (Å²) < 4.78 is 50.4. The number of H-pyrrole nitrogens is 1. The summed E-state index contributed by atoms with van der Waals surface area (Å²) >= 11 is 9.56. The van der Waals surface area contributed by atoms with E-state index in [1.54, 1.807) is 19.9 Å². The van der Waals surface area contributed by atoms with Gasteiger partial charge in [-0.05, 0) is 56.8 Å². The average molecular weight is 1170 g/mol. The van der Waals surface area contributed by atoms with Crippen LogP contribution in [0.1, 0.15) is 78.4 Å². The SMILES string of the molecule is CC(NC(=O)C(NC(=O)CCCCCN1C(=O)C=CC1=O)C(C)C)C(=O)NCC(=O)N1CCC[C@@H]1C(=O)Nc1nc2c(ncn2[C@@H]2O[C@@H]3COP(O)(=S)O[C@H]4C[C@H](Oc5ccncn5)C[C@@H]4COP(=O)(S)O[C@@H]2[C@@H]3O)c(=O)[nH]1. The highest BCUT2D eigenvalue weighted by molar-refractivity contribution is 8.44. The number of unbranched alkanes of at least 4 members (excludes halogenated alkanes) is 2. The Bertz CT molecular complexity index is 2940. The van der Waals surface area contributed by atoms with Gasteiger partial charge in [0.2, 0.25) is 41.4 Å². The van der Waals surface area contributed by atoms with Gasteiger partial charge in [-0.3, -0.25) is 62.6 Å². The zero-order chi connectivity index (χ0) is 56.1. The van der Waals surface area contributed by atoms with Crippen molar-refractivity contribution in [3.05, 3.63) is 47.4 Å². The van der Waals surface area contributed by atoms with Crippen molar-refractivity contribution in [1.29, 1.82) is 0 Å². The van der Waals surface area contributed by atoms with Crippen LogP contribution in [0.25, 0.3) is 11.2 Å². The zero-order valence-electron chi connectivity index (χ0n) is 42.4. The number of aliphatic hydroxyl groups excluding tert-OH is 1. The topological polar surface area (TPSA) is 376 Å². The van der Waals surface area contributed by atoms with E-state index in [1.807, 2.05) is 0 Å². The van der Waals surface area contributed by atoms with Gasteiger partial charge in [0.15, 0.2) is 17.4 Å². The van der Waals surface area contributed by atoms with E-state index in [0.717, 1.165) is 11.2 Å². The first-order chi connectivity index (χ1) is 37.1. The highest BCUT2D eigenvalue weighted by Gasteiger charge is 2.51. The monoisotopic (exact) mass is 1170 g/mol. The second-order valence-corrected chi connectivity index (χ2v) is 25.2. The summed E-state index contributed by atoms with van der Waals surface area (Å²) in [7, 11) is 0. The van der Waals surface area contributed by atoms with Crippen LogP contribution in [0.2, 0.25) is 0 Å². The summed E-state index contributed by atoms with van der Waals surface area (Å²) in [5, 5.41) is 21.8. The van der Waals surface area contributed by atoms with Crippen molar-refractivity contribution in [3.63, 3.8) is 0 Å². The van der Waals surface area contributed by atoms with Gasteiger partial charge in [0, 0.05) is 56.3 Å². The molecule has 4 fully saturated rings. The normalized spacial score (nSPS) is 29.1. The van der Waals surface area contributed by atoms with Crippen LogP contribution in [0.3, 0.4) is 0 Å². The van der Waals surface area contributed by atoms with Crippen molar-refractivity contribution in [2.24, 2.45) is 11.8 Å². The molecule has 0 aromatic carbocycles. The van der Waals surface area contributed by atoms with Crippen LogP contribution in [0.5, 0.6) is 5.88 Å². The molecule has 7 amide bonds. The fraction of sp³-hybridized carbons (Fsp3) is 0.600. The molecule has 78 heavy (non-hydrogen) atoms. The maximum Gasteiger partial charge on any atom is 0.386 e. The lowest BCUT2D eigenvalue weighted by Crippen LogP contribution is -2.55. The number of imidazole rings is 1. The number of fused-ring (bicyclic) bond motifs is 4. The molecular weight excluding hydrogens is 1110 g/mol. The van der Waals surface area contributed by atoms with E-state index in [9.17, 15) is 52.9 Å². The largest absolute Gasteiger partial charge is 0.474 e. The molecule has 4 unspecified atom stereocenters. The van der Waals surface area contributed by atoms with Gasteiger partial charge in [0.25, 0.3) is 17.4 Å². The number of nitrogens with zero attached hydrogens (tertiary/aromatic N) is 7. The standard InChI is InChI=1S/C45H60N12O17P2S2/c1-23(2)35(51-30(58)9-5-4-6-14-56-32(59)10-11-33(56)60)42(65)50-24(3)40(63)47-18-34(61)55-15-7-8-27(55)41(64)53-45-52-39-36(43(66)54-45)49-22-57(39)44-38-37(62)29(72-44)20-70-75(67,77)73-28-17-26(71-31-12-13-46-21-48-31)16-25(28)19-69-76(68,78)74-38/h10-13,21-29,35,37-38,44,62H,4-9,14-20H2,1-3H3,(H,47,63)(H,50,65)(H,51,58)(H,67,77)(H,68,78)(H2,52,53,54,64,66)/t24?,25-,26-,27-,28+,29-,35?,37-,38-,44-,75?,76?/m1/s1. The first-order valence-corrected chi connectivity index (χ1v) is 30.4. The molecule has 424 valence electrons. The number of thiol groups is 1. The molecule has 5 aliphatic rings. The molecule has 29 nitrogen and oxygen atoms in total. The Morgan fingerprint density at radius 1 is 0.987 bits per heavy atom. The van der Waals surface area contributed by atoms with Crippen molar-refractivity contribution in [2.75, 3.05) is 38.2 Å². The second kappa shape index (κ2) is 25.2. The Morgan fingerprint density at radius 3 is 2.49 bits per heavy atom. The van der Waals surface area contributed by atoms with Gasteiger partial charge < -0.3 is 53.9 Å². The maximum atomic E-state index is 13.9. The average Bonchev–Trinajstić information content (AvgIpc) is 4.29. The minimum absolute atomic E-state index is 0.0866. The number of carbonyl (C=O) groups excluding carboxylic acids is 7. The van der Waals surface area contributed by atoms with Crippen LogP contribution in [-0.2, 0) is 72.8 Å². The molecule has 0 radical (unpaired) electrons. The van der Waals surface area contributed by atoms with E-state index in [4.69, 9.17) is 39.4 Å². The Kier molecular flexibility index (Phi) is 19.0. The van der Waals surface area contributed by atoms with E-state index in [2.05, 4.69) is 58.4 Å². The number of likely N-dealkylation sites (tertiary alicyclic amines) is 1. The molecule has 3 aromatic heterocycles. The first-order valence-electron chi connectivity index (χ1n) is 25.1. The number of aliphatic hydroxyl groups is 1. The third-order valence-electron chi connectivity index (χ3n) is 13.6. The number of aromatic amines is 1. The number of ether oxygens (including phenoxy) is 2. The van der Waals surface area contributed by atoms with Gasteiger partial charge in [0.1, 0.15) is 48.9 Å². The molecule has 33 heteroatoms. The molecule has 0 spiro atoms. The molecule has 2 bridgehead atoms. The van der Waals surface area contributed by atoms with Crippen LogP contribution >= 0.6 is 25.8 Å². The van der Waals surface area contributed by atoms with Gasteiger partial charge in [-0.1, -0.05) is 32.5 Å². The van der Waals surface area contributed by atoms with Crippen LogP contribution in [-0.4, -0.2) is 172 Å². The number of hydrogen-bond acceptors (Lipinski definition) is 21. The van der Waals surface area contributed by atoms with E-state index >= 15 is 0 Å². The van der Waals surface area contributed by atoms with Crippen molar-refractivity contribution in [2.45, 2.75) is 127 Å². The van der Waals surface area contributed by atoms with Crippen molar-refractivity contribution >= 4 is 96.0 Å². The van der Waals surface area contributed by atoms with Crippen molar-refractivity contribution < 1.29 is 75.7 Å². The summed E-state index contributed by atoms with van der Waals surface area (Å²) in [6.07, 6.45) is 1.84. The van der Waals surface area contributed by atoms with Crippen molar-refractivity contribution in [1.82, 2.24) is 55.2 Å². The summed E-state index contributed by atoms with van der Waals surface area (Å²) in [4.78, 5) is 136. The van der Waals surface area contributed by atoms with E-state index in [-0.39, 0.29) is 73.8 Å². The summed E-state index contributed by atoms with van der Waals surface area (Å²) in [6, 6.07) is -1.63. The van der Waals surface area contributed by atoms with Crippen LogP contribution in [0.4, 0.5) is 5.95 Å². The first kappa shape index (κ1) is 58.6. The Balaban J connectivity index is 0.856. The second-order valence-electron chi connectivity index (χ2n) is 19.5. The summed E-state index contributed by atoms with van der Waals surface area (Å²) in [5.41, 5.74) is -1.25. The van der Waals surface area contributed by atoms with Gasteiger partial charge in [-0.25, -0.2) is 19.5 Å². The van der Waals surface area contributed by atoms with E-state index in [0.29, 0.717) is 38.0 Å². The molecule has 8 rings (SSSR count). The van der Waals surface area contributed by atoms with Crippen LogP contribution in [0, 0.1) is 11.8 Å². The quantitative estimate of drug-likeness (QED) is 0.0367. The van der Waals surface area contributed by atoms with E-state index in [1.165, 1.54) is 41.1 Å². The maximum absolute atomic E-state index is 13.9. The molecule has 3 saturated heterocycles. The van der Waals surface area contributed by atoms with Gasteiger partial charge >= 0.3 is 13.5 Å². The molecule has 12 atom stereocenters. The lowest BCUT2D eigenvalue weighted by Gasteiger charge is -2.27. The van der Waals surface area contributed by atoms with Crippen LogP contribution < -0.4 is 31.6 Å².